The van der Waals surface area contributed by atoms with Gasteiger partial charge < -0.3 is 4.98 Å². The molecule has 0 aliphatic heterocycles. The third-order valence-corrected chi connectivity index (χ3v) is 6.17. The number of H-pyrrole nitrogens is 1. The lowest BCUT2D eigenvalue weighted by Gasteiger charge is -1.97. The fourth-order valence-electron chi connectivity index (χ4n) is 3.22. The maximum Gasteiger partial charge on any atom is 0.0559 e. The van der Waals surface area contributed by atoms with Gasteiger partial charge in [0.2, 0.25) is 0 Å². The van der Waals surface area contributed by atoms with Crippen molar-refractivity contribution in [2.75, 3.05) is 0 Å². The molecule has 0 bridgehead atoms. The van der Waals surface area contributed by atoms with E-state index in [0.717, 1.165) is 15.0 Å². The van der Waals surface area contributed by atoms with Gasteiger partial charge in [-0.05, 0) is 36.4 Å². The van der Waals surface area contributed by atoms with Crippen LogP contribution in [0.15, 0.2) is 53.0 Å². The topological polar surface area (TPSA) is 15.8 Å². The van der Waals surface area contributed by atoms with Gasteiger partial charge in [0.05, 0.1) is 5.52 Å². The highest BCUT2D eigenvalue weighted by Crippen LogP contribution is 2.42. The Morgan fingerprint density at radius 1 is 0.909 bits per heavy atom. The molecule has 0 saturated carbocycles. The van der Waals surface area contributed by atoms with E-state index in [2.05, 4.69) is 63.4 Å². The molecule has 1 nitrogen and oxygen atoms in total. The summed E-state index contributed by atoms with van der Waals surface area (Å²) in [6.45, 7) is 0. The van der Waals surface area contributed by atoms with Gasteiger partial charge in [-0.25, -0.2) is 0 Å². The third-order valence-electron chi connectivity index (χ3n) is 4.14. The molecule has 0 atom stereocenters. The van der Waals surface area contributed by atoms with Gasteiger partial charge in [-0.15, -0.1) is 11.3 Å². The summed E-state index contributed by atoms with van der Waals surface area (Å²) in [6.07, 6.45) is 0. The van der Waals surface area contributed by atoms with Crippen LogP contribution in [-0.2, 0) is 0 Å². The number of halogens is 2. The molecule has 4 heteroatoms. The first kappa shape index (κ1) is 12.9. The highest BCUT2D eigenvalue weighted by Gasteiger charge is 2.14. The molecule has 1 N–H and O–H groups in total. The molecule has 0 aliphatic carbocycles. The minimum Gasteiger partial charge on any atom is -0.354 e. The first-order chi connectivity index (χ1) is 10.7. The number of fused-ring (bicyclic) bond motifs is 7. The lowest BCUT2D eigenvalue weighted by Crippen LogP contribution is -1.72. The van der Waals surface area contributed by atoms with Gasteiger partial charge in [0.25, 0.3) is 0 Å². The Balaban J connectivity index is 2.11. The van der Waals surface area contributed by atoms with Crippen LogP contribution in [-0.4, -0.2) is 4.98 Å². The van der Waals surface area contributed by atoms with Crippen LogP contribution >= 0.6 is 38.9 Å². The van der Waals surface area contributed by atoms with Crippen molar-refractivity contribution >= 4 is 80.8 Å². The zero-order valence-electron chi connectivity index (χ0n) is 11.3. The smallest absolute Gasteiger partial charge is 0.0559 e. The maximum atomic E-state index is 6.22. The Morgan fingerprint density at radius 3 is 2.68 bits per heavy atom. The van der Waals surface area contributed by atoms with E-state index in [4.69, 9.17) is 11.6 Å². The van der Waals surface area contributed by atoms with Crippen LogP contribution in [0.1, 0.15) is 0 Å². The summed E-state index contributed by atoms with van der Waals surface area (Å²) in [5.74, 6) is 0. The van der Waals surface area contributed by atoms with E-state index in [1.54, 1.807) is 0 Å². The molecule has 0 aliphatic rings. The molecule has 0 spiro atoms. The van der Waals surface area contributed by atoms with Gasteiger partial charge in [0.15, 0.2) is 0 Å². The van der Waals surface area contributed by atoms with Crippen molar-refractivity contribution in [2.24, 2.45) is 0 Å². The van der Waals surface area contributed by atoms with E-state index in [1.165, 1.54) is 36.5 Å². The van der Waals surface area contributed by atoms with Gasteiger partial charge in [-0.2, -0.15) is 0 Å². The predicted molar refractivity (Wildman–Crippen MR) is 101 cm³/mol. The summed E-state index contributed by atoms with van der Waals surface area (Å²) in [4.78, 5) is 3.59. The number of thiophene rings is 1. The lowest BCUT2D eigenvalue weighted by molar-refractivity contribution is 1.56. The average molecular weight is 387 g/mol. The Bertz CT molecular complexity index is 1200. The molecule has 5 rings (SSSR count). The van der Waals surface area contributed by atoms with E-state index in [0.29, 0.717) is 0 Å². The van der Waals surface area contributed by atoms with Crippen LogP contribution in [0, 0.1) is 0 Å². The van der Waals surface area contributed by atoms with Gasteiger partial charge in [-0.3, -0.25) is 0 Å². The quantitative estimate of drug-likeness (QED) is 0.292. The molecule has 0 saturated heterocycles. The summed E-state index contributed by atoms with van der Waals surface area (Å²) in [5, 5.41) is 5.75. The zero-order chi connectivity index (χ0) is 14.8. The Kier molecular flexibility index (Phi) is 2.63. The van der Waals surface area contributed by atoms with Crippen molar-refractivity contribution in [1.29, 1.82) is 0 Å². The maximum absolute atomic E-state index is 6.22. The van der Waals surface area contributed by atoms with Crippen LogP contribution in [0.4, 0.5) is 0 Å². The van der Waals surface area contributed by atoms with Gasteiger partial charge in [-0.1, -0.05) is 39.7 Å². The molecule has 2 heterocycles. The molecule has 0 radical (unpaired) electrons. The average Bonchev–Trinajstić information content (AvgIpc) is 3.05. The van der Waals surface area contributed by atoms with E-state index in [-0.39, 0.29) is 0 Å². The van der Waals surface area contributed by atoms with Gasteiger partial charge in [0.1, 0.15) is 0 Å². The van der Waals surface area contributed by atoms with Crippen LogP contribution in [0.5, 0.6) is 0 Å². The van der Waals surface area contributed by atoms with Gasteiger partial charge in [0, 0.05) is 46.0 Å². The highest BCUT2D eigenvalue weighted by molar-refractivity contribution is 9.10. The second-order valence-electron chi connectivity index (χ2n) is 5.39. The molecule has 3 aromatic carbocycles. The number of aromatic amines is 1. The molecule has 0 fully saturated rings. The van der Waals surface area contributed by atoms with Crippen molar-refractivity contribution in [1.82, 2.24) is 4.98 Å². The number of aromatic nitrogens is 1. The fraction of sp³-hybridized carbons (Fsp3) is 0. The predicted octanol–water partition coefficient (Wildman–Crippen LogP) is 7.10. The third kappa shape index (κ3) is 1.64. The Hall–Kier alpha value is -1.55. The number of hydrogen-bond donors (Lipinski definition) is 1. The largest absolute Gasteiger partial charge is 0.354 e. The molecule has 0 amide bonds. The molecule has 2 aromatic heterocycles. The fourth-order valence-corrected chi connectivity index (χ4v) is 5.06. The van der Waals surface area contributed by atoms with Crippen LogP contribution < -0.4 is 0 Å². The Labute approximate surface area is 143 Å². The monoisotopic (exact) mass is 385 g/mol. The van der Waals surface area contributed by atoms with Crippen LogP contribution in [0.2, 0.25) is 5.02 Å². The van der Waals surface area contributed by atoms with Crippen molar-refractivity contribution in [3.8, 4) is 0 Å². The van der Waals surface area contributed by atoms with E-state index >= 15 is 0 Å². The minimum absolute atomic E-state index is 0.779. The number of benzene rings is 3. The van der Waals surface area contributed by atoms with E-state index in [9.17, 15) is 0 Å². The second-order valence-corrected chi connectivity index (χ2v) is 7.77. The number of nitrogens with one attached hydrogen (secondary N) is 1. The lowest BCUT2D eigenvalue weighted by atomic mass is 10.1. The van der Waals surface area contributed by atoms with Crippen molar-refractivity contribution in [3.63, 3.8) is 0 Å². The normalized spacial score (nSPS) is 12.1. The molecule has 22 heavy (non-hydrogen) atoms. The van der Waals surface area contributed by atoms with Crippen molar-refractivity contribution in [3.05, 3.63) is 58.0 Å². The minimum atomic E-state index is 0.779. The van der Waals surface area contributed by atoms with Crippen LogP contribution in [0.25, 0.3) is 42.0 Å². The Morgan fingerprint density at radius 2 is 1.77 bits per heavy atom. The molecular formula is C18H9BrClNS. The van der Waals surface area contributed by atoms with Crippen LogP contribution in [0.3, 0.4) is 0 Å². The summed E-state index contributed by atoms with van der Waals surface area (Å²) in [6, 6.07) is 16.8. The highest BCUT2D eigenvalue weighted by atomic mass is 79.9. The first-order valence-electron chi connectivity index (χ1n) is 6.93. The number of rotatable bonds is 0. The second kappa shape index (κ2) is 4.48. The van der Waals surface area contributed by atoms with Gasteiger partial charge >= 0.3 is 0 Å². The standard InChI is InChI=1S/C18H9BrClNS/c19-12-2-1-3-13-16(12)10-5-7-15-17(18(10)21-13)11-8-9(20)4-6-14(11)22-15/h1-8,21H. The van der Waals surface area contributed by atoms with E-state index in [1.807, 2.05) is 17.4 Å². The SMILES string of the molecule is Clc1ccc2sc3ccc4c([nH]c5cccc(Br)c54)c3c2c1. The first-order valence-corrected chi connectivity index (χ1v) is 8.92. The van der Waals surface area contributed by atoms with Crippen molar-refractivity contribution < 1.29 is 0 Å². The molecule has 0 unspecified atom stereocenters. The summed E-state index contributed by atoms with van der Waals surface area (Å²) in [7, 11) is 0. The number of hydrogen-bond acceptors (Lipinski definition) is 1. The summed E-state index contributed by atoms with van der Waals surface area (Å²) < 4.78 is 3.67. The molecule has 106 valence electrons. The molecular weight excluding hydrogens is 378 g/mol. The van der Waals surface area contributed by atoms with Crippen molar-refractivity contribution in [2.45, 2.75) is 0 Å². The zero-order valence-corrected chi connectivity index (χ0v) is 14.4. The van der Waals surface area contributed by atoms with E-state index < -0.39 is 0 Å². The summed E-state index contributed by atoms with van der Waals surface area (Å²) >= 11 is 11.7. The molecule has 5 aromatic rings. The summed E-state index contributed by atoms with van der Waals surface area (Å²) in [5.41, 5.74) is 2.34.